The maximum Gasteiger partial charge on any atom is 0.183 e. The second-order valence-corrected chi connectivity index (χ2v) is 3.88. The lowest BCUT2D eigenvalue weighted by atomic mass is 10.2. The second-order valence-electron chi connectivity index (χ2n) is 3.88. The van der Waals surface area contributed by atoms with Gasteiger partial charge in [0.25, 0.3) is 0 Å². The Balaban J connectivity index is 1.95. The molecule has 2 aromatic rings. The number of nitrogens with one attached hydrogen (secondary N) is 1. The van der Waals surface area contributed by atoms with Crippen LogP contribution in [0, 0.1) is 6.92 Å². The molecule has 1 aromatic heterocycles. The predicted molar refractivity (Wildman–Crippen MR) is 68.2 cm³/mol. The first-order valence-corrected chi connectivity index (χ1v) is 5.49. The third-order valence-corrected chi connectivity index (χ3v) is 2.49. The minimum absolute atomic E-state index is 0.0404. The molecular formula is C14H14N2O. The quantitative estimate of drug-likeness (QED) is 0.815. The van der Waals surface area contributed by atoms with Crippen molar-refractivity contribution < 1.29 is 4.79 Å². The zero-order valence-electron chi connectivity index (χ0n) is 9.68. The number of carbonyl (C=O) groups is 1. The lowest BCUT2D eigenvalue weighted by molar-refractivity contribution is 0.101. The number of benzene rings is 1. The van der Waals surface area contributed by atoms with Crippen LogP contribution in [0.15, 0.2) is 48.8 Å². The molecule has 86 valence electrons. The third-order valence-electron chi connectivity index (χ3n) is 2.49. The van der Waals surface area contributed by atoms with E-state index >= 15 is 0 Å². The van der Waals surface area contributed by atoms with Gasteiger partial charge < -0.3 is 5.32 Å². The van der Waals surface area contributed by atoms with Crippen molar-refractivity contribution in [1.29, 1.82) is 0 Å². The third kappa shape index (κ3) is 3.14. The highest BCUT2D eigenvalue weighted by Gasteiger charge is 2.04. The van der Waals surface area contributed by atoms with Gasteiger partial charge in [0, 0.05) is 23.6 Å². The van der Waals surface area contributed by atoms with E-state index in [9.17, 15) is 4.79 Å². The van der Waals surface area contributed by atoms with E-state index in [1.54, 1.807) is 24.5 Å². The molecule has 17 heavy (non-hydrogen) atoms. The zero-order chi connectivity index (χ0) is 12.1. The molecule has 0 spiro atoms. The van der Waals surface area contributed by atoms with Gasteiger partial charge in [0.1, 0.15) is 0 Å². The van der Waals surface area contributed by atoms with Crippen molar-refractivity contribution in [1.82, 2.24) is 4.98 Å². The van der Waals surface area contributed by atoms with Crippen LogP contribution in [-0.4, -0.2) is 17.3 Å². The van der Waals surface area contributed by atoms with Gasteiger partial charge in [-0.05, 0) is 31.2 Å². The van der Waals surface area contributed by atoms with Gasteiger partial charge in [0.15, 0.2) is 5.78 Å². The van der Waals surface area contributed by atoms with Gasteiger partial charge in [-0.1, -0.05) is 17.7 Å². The standard InChI is InChI=1S/C14H14N2O/c1-11-4-6-13(7-5-11)16-10-14(17)12-3-2-8-15-9-12/h2-9,16H,10H2,1H3. The average Bonchev–Trinajstić information content (AvgIpc) is 2.39. The fraction of sp³-hybridized carbons (Fsp3) is 0.143. The van der Waals surface area contributed by atoms with E-state index in [4.69, 9.17) is 0 Å². The first-order chi connectivity index (χ1) is 8.25. The summed E-state index contributed by atoms with van der Waals surface area (Å²) in [5, 5.41) is 3.09. The number of aromatic nitrogens is 1. The van der Waals surface area contributed by atoms with Crippen molar-refractivity contribution in [3.63, 3.8) is 0 Å². The SMILES string of the molecule is Cc1ccc(NCC(=O)c2cccnc2)cc1. The number of hydrogen-bond donors (Lipinski definition) is 1. The molecule has 1 heterocycles. The first-order valence-electron chi connectivity index (χ1n) is 5.49. The van der Waals surface area contributed by atoms with Crippen molar-refractivity contribution in [3.05, 3.63) is 59.9 Å². The maximum absolute atomic E-state index is 11.8. The van der Waals surface area contributed by atoms with E-state index in [0.717, 1.165) is 5.69 Å². The average molecular weight is 226 g/mol. The van der Waals surface area contributed by atoms with Crippen LogP contribution < -0.4 is 5.32 Å². The Morgan fingerprint density at radius 1 is 1.24 bits per heavy atom. The van der Waals surface area contributed by atoms with Crippen LogP contribution in [-0.2, 0) is 0 Å². The minimum atomic E-state index is 0.0404. The Labute approximate surface area is 101 Å². The second kappa shape index (κ2) is 5.25. The van der Waals surface area contributed by atoms with Crippen LogP contribution in [0.5, 0.6) is 0 Å². The summed E-state index contributed by atoms with van der Waals surface area (Å²) in [7, 11) is 0. The molecule has 0 saturated heterocycles. The minimum Gasteiger partial charge on any atom is -0.378 e. The Morgan fingerprint density at radius 2 is 2.00 bits per heavy atom. The van der Waals surface area contributed by atoms with E-state index in [1.165, 1.54) is 5.56 Å². The fourth-order valence-corrected chi connectivity index (χ4v) is 1.48. The van der Waals surface area contributed by atoms with Crippen molar-refractivity contribution in [2.45, 2.75) is 6.92 Å². The molecule has 1 N–H and O–H groups in total. The van der Waals surface area contributed by atoms with Gasteiger partial charge in [0.2, 0.25) is 0 Å². The number of carbonyl (C=O) groups excluding carboxylic acids is 1. The highest BCUT2D eigenvalue weighted by molar-refractivity contribution is 5.98. The molecule has 0 radical (unpaired) electrons. The molecule has 0 fully saturated rings. The number of hydrogen-bond acceptors (Lipinski definition) is 3. The Hall–Kier alpha value is -2.16. The highest BCUT2D eigenvalue weighted by Crippen LogP contribution is 2.08. The molecule has 0 amide bonds. The number of aryl methyl sites for hydroxylation is 1. The molecule has 0 saturated carbocycles. The molecule has 0 aliphatic heterocycles. The number of anilines is 1. The summed E-state index contributed by atoms with van der Waals surface area (Å²) < 4.78 is 0. The van der Waals surface area contributed by atoms with Crippen molar-refractivity contribution in [2.24, 2.45) is 0 Å². The lowest BCUT2D eigenvalue weighted by Gasteiger charge is -2.05. The van der Waals surface area contributed by atoms with Gasteiger partial charge in [0.05, 0.1) is 6.54 Å². The van der Waals surface area contributed by atoms with Crippen LogP contribution in [0.25, 0.3) is 0 Å². The Bertz CT molecular complexity index is 491. The monoisotopic (exact) mass is 226 g/mol. The van der Waals surface area contributed by atoms with Crippen molar-refractivity contribution in [2.75, 3.05) is 11.9 Å². The molecule has 2 rings (SSSR count). The summed E-state index contributed by atoms with van der Waals surface area (Å²) in [6.45, 7) is 2.32. The summed E-state index contributed by atoms with van der Waals surface area (Å²) >= 11 is 0. The number of ketones is 1. The summed E-state index contributed by atoms with van der Waals surface area (Å²) in [5.41, 5.74) is 2.79. The first kappa shape index (κ1) is 11.3. The summed E-state index contributed by atoms with van der Waals surface area (Å²) in [5.74, 6) is 0.0404. The zero-order valence-corrected chi connectivity index (χ0v) is 9.68. The molecule has 0 aliphatic carbocycles. The molecule has 3 nitrogen and oxygen atoms in total. The van der Waals surface area contributed by atoms with E-state index in [1.807, 2.05) is 31.2 Å². The fourth-order valence-electron chi connectivity index (χ4n) is 1.48. The van der Waals surface area contributed by atoms with E-state index in [0.29, 0.717) is 5.56 Å². The van der Waals surface area contributed by atoms with Gasteiger partial charge in [-0.15, -0.1) is 0 Å². The van der Waals surface area contributed by atoms with Crippen LogP contribution in [0.3, 0.4) is 0 Å². The van der Waals surface area contributed by atoms with E-state index < -0.39 is 0 Å². The Morgan fingerprint density at radius 3 is 2.65 bits per heavy atom. The maximum atomic E-state index is 11.8. The molecule has 1 aromatic carbocycles. The number of Topliss-reactive ketones (excluding diaryl/α,β-unsaturated/α-hetero) is 1. The molecule has 0 unspecified atom stereocenters. The predicted octanol–water partition coefficient (Wildman–Crippen LogP) is 2.68. The number of rotatable bonds is 4. The van der Waals surface area contributed by atoms with E-state index in [-0.39, 0.29) is 12.3 Å². The molecule has 0 atom stereocenters. The lowest BCUT2D eigenvalue weighted by Crippen LogP contribution is -2.14. The van der Waals surface area contributed by atoms with Crippen LogP contribution >= 0.6 is 0 Å². The molecule has 0 bridgehead atoms. The summed E-state index contributed by atoms with van der Waals surface area (Å²) in [6.07, 6.45) is 3.24. The molecule has 3 heteroatoms. The van der Waals surface area contributed by atoms with Gasteiger partial charge in [-0.2, -0.15) is 0 Å². The van der Waals surface area contributed by atoms with Crippen molar-refractivity contribution >= 4 is 11.5 Å². The Kier molecular flexibility index (Phi) is 3.50. The number of pyridine rings is 1. The smallest absolute Gasteiger partial charge is 0.183 e. The summed E-state index contributed by atoms with van der Waals surface area (Å²) in [4.78, 5) is 15.7. The normalized spacial score (nSPS) is 9.94. The number of nitrogens with zero attached hydrogens (tertiary/aromatic N) is 1. The highest BCUT2D eigenvalue weighted by atomic mass is 16.1. The van der Waals surface area contributed by atoms with Crippen LogP contribution in [0.4, 0.5) is 5.69 Å². The van der Waals surface area contributed by atoms with Gasteiger partial charge in [-0.25, -0.2) is 0 Å². The topological polar surface area (TPSA) is 42.0 Å². The summed E-state index contributed by atoms with van der Waals surface area (Å²) in [6, 6.07) is 11.5. The largest absolute Gasteiger partial charge is 0.378 e. The van der Waals surface area contributed by atoms with Crippen molar-refractivity contribution in [3.8, 4) is 0 Å². The van der Waals surface area contributed by atoms with Gasteiger partial charge in [-0.3, -0.25) is 9.78 Å². The van der Waals surface area contributed by atoms with E-state index in [2.05, 4.69) is 10.3 Å². The molecular weight excluding hydrogens is 212 g/mol. The molecule has 0 aliphatic rings. The van der Waals surface area contributed by atoms with Crippen LogP contribution in [0.1, 0.15) is 15.9 Å². The van der Waals surface area contributed by atoms with Gasteiger partial charge >= 0.3 is 0 Å². The van der Waals surface area contributed by atoms with Crippen LogP contribution in [0.2, 0.25) is 0 Å².